The molecule has 0 N–H and O–H groups in total. The van der Waals surface area contributed by atoms with E-state index in [4.69, 9.17) is 0 Å². The summed E-state index contributed by atoms with van der Waals surface area (Å²) in [6.07, 6.45) is 0. The first kappa shape index (κ1) is 25.1. The van der Waals surface area contributed by atoms with Crippen LogP contribution in [0.4, 0.5) is 0 Å². The average molecular weight is 222 g/mol. The predicted octanol–water partition coefficient (Wildman–Crippen LogP) is -8.18. The normalized spacial score (nSPS) is 8.57. The van der Waals surface area contributed by atoms with Crippen LogP contribution in [0.15, 0.2) is 0 Å². The Morgan fingerprint density at radius 1 is 0.786 bits per heavy atom. The van der Waals surface area contributed by atoms with Crippen molar-refractivity contribution in [3.8, 4) is 0 Å². The van der Waals surface area contributed by atoms with Gasteiger partial charge in [-0.15, -0.1) is 13.2 Å². The maximum atomic E-state index is 9.70. The Balaban J connectivity index is -0.0000000625. The smallest absolute Gasteiger partial charge is 0.854 e. The van der Waals surface area contributed by atoms with Gasteiger partial charge in [0.1, 0.15) is 0 Å². The molecule has 0 fully saturated rings. The van der Waals surface area contributed by atoms with Crippen molar-refractivity contribution in [2.45, 2.75) is 0 Å². The van der Waals surface area contributed by atoms with E-state index >= 15 is 0 Å². The molecule has 0 rings (SSSR count). The summed E-state index contributed by atoms with van der Waals surface area (Å²) in [7, 11) is 7.55. The first-order chi connectivity index (χ1) is 5.54. The van der Waals surface area contributed by atoms with Crippen molar-refractivity contribution in [3.05, 3.63) is 0 Å². The zero-order chi connectivity index (χ0) is 9.98. The molecule has 0 aromatic carbocycles. The molecule has 4 nitrogen and oxygen atoms in total. The van der Waals surface area contributed by atoms with Gasteiger partial charge in [0.05, 0.1) is 0 Å². The van der Waals surface area contributed by atoms with E-state index in [-0.39, 0.29) is 83.5 Å². The van der Waals surface area contributed by atoms with Gasteiger partial charge in [0.2, 0.25) is 0 Å². The summed E-state index contributed by atoms with van der Waals surface area (Å²) < 4.78 is 0. The third-order valence-corrected chi connectivity index (χ3v) is 1.08. The molecular weight excluding hydrogens is 202 g/mol. The van der Waals surface area contributed by atoms with Crippen molar-refractivity contribution < 1.29 is 80.5 Å². The van der Waals surface area contributed by atoms with E-state index in [0.29, 0.717) is 13.1 Å². The molecular formula is C8H20KLiN2O2. The first-order valence-electron chi connectivity index (χ1n) is 4.00. The predicted molar refractivity (Wildman–Crippen MR) is 46.8 cm³/mol. The van der Waals surface area contributed by atoms with Gasteiger partial charge in [0, 0.05) is 0 Å². The second-order valence-corrected chi connectivity index (χ2v) is 3.01. The van der Waals surface area contributed by atoms with E-state index < -0.39 is 0 Å². The maximum Gasteiger partial charge on any atom is 1.00 e. The molecule has 76 valence electrons. The largest absolute Gasteiger partial charge is 1.00 e. The molecule has 0 aliphatic heterocycles. The van der Waals surface area contributed by atoms with E-state index in [1.54, 1.807) is 0 Å². The summed E-state index contributed by atoms with van der Waals surface area (Å²) >= 11 is 0. The number of hydrogen-bond donors (Lipinski definition) is 0. The third-order valence-electron chi connectivity index (χ3n) is 1.08. The molecule has 0 spiro atoms. The van der Waals surface area contributed by atoms with Crippen molar-refractivity contribution in [3.63, 3.8) is 0 Å². The van der Waals surface area contributed by atoms with Gasteiger partial charge in [0.25, 0.3) is 0 Å². The fraction of sp³-hybridized carbons (Fsp3) is 1.00. The Labute approximate surface area is 143 Å². The maximum absolute atomic E-state index is 9.70. The Bertz CT molecular complexity index is 77.7. The molecule has 0 amide bonds. The van der Waals surface area contributed by atoms with Crippen LogP contribution in [-0.2, 0) is 0 Å². The molecule has 0 saturated carbocycles. The number of nitrogens with zero attached hydrogens (tertiary/aromatic N) is 2. The van der Waals surface area contributed by atoms with Gasteiger partial charge >= 0.3 is 70.2 Å². The Morgan fingerprint density at radius 3 is 1.00 bits per heavy atom. The SMILES string of the molecule is CN(C)CC[O-].CN(C)CC[O-].[K+].[Li+]. The van der Waals surface area contributed by atoms with Crippen LogP contribution < -0.4 is 80.5 Å². The Kier molecular flexibility index (Phi) is 36.7. The second kappa shape index (κ2) is 20.5. The molecule has 0 radical (unpaired) electrons. The van der Waals surface area contributed by atoms with E-state index in [2.05, 4.69) is 0 Å². The van der Waals surface area contributed by atoms with E-state index in [0.717, 1.165) is 0 Å². The minimum atomic E-state index is 0. The molecule has 0 aliphatic carbocycles. The molecule has 6 heteroatoms. The standard InChI is InChI=1S/2C4H10NO.K.Li/c2*1-5(2)3-4-6;;/h2*3-4H2,1-2H3;;/q2*-1;2*+1. The van der Waals surface area contributed by atoms with Crippen LogP contribution in [-0.4, -0.2) is 64.3 Å². The zero-order valence-corrected chi connectivity index (χ0v) is 13.7. The molecule has 0 bridgehead atoms. The van der Waals surface area contributed by atoms with Crippen molar-refractivity contribution >= 4 is 0 Å². The van der Waals surface area contributed by atoms with Crippen molar-refractivity contribution in [1.82, 2.24) is 9.80 Å². The molecule has 0 heterocycles. The molecule has 0 aliphatic rings. The number of rotatable bonds is 4. The second-order valence-electron chi connectivity index (χ2n) is 3.01. The molecule has 0 atom stereocenters. The van der Waals surface area contributed by atoms with E-state index in [1.807, 2.05) is 38.0 Å². The van der Waals surface area contributed by atoms with Crippen LogP contribution in [0, 0.1) is 0 Å². The van der Waals surface area contributed by atoms with Gasteiger partial charge in [-0.2, -0.15) is 0 Å². The van der Waals surface area contributed by atoms with Crippen molar-refractivity contribution in [1.29, 1.82) is 0 Å². The summed E-state index contributed by atoms with van der Waals surface area (Å²) in [6, 6.07) is 0. The first-order valence-corrected chi connectivity index (χ1v) is 4.00. The van der Waals surface area contributed by atoms with Gasteiger partial charge < -0.3 is 20.0 Å². The summed E-state index contributed by atoms with van der Waals surface area (Å²) in [5.41, 5.74) is 0. The third kappa shape index (κ3) is 36.9. The minimum Gasteiger partial charge on any atom is -0.854 e. The minimum absolute atomic E-state index is 0. The zero-order valence-electron chi connectivity index (χ0n) is 10.5. The monoisotopic (exact) mass is 222 g/mol. The van der Waals surface area contributed by atoms with Crippen molar-refractivity contribution in [2.24, 2.45) is 0 Å². The number of likely N-dealkylation sites (N-methyl/N-ethyl adjacent to an activating group) is 2. The molecule has 0 aromatic rings. The van der Waals surface area contributed by atoms with E-state index in [9.17, 15) is 10.2 Å². The van der Waals surface area contributed by atoms with Gasteiger partial charge in [-0.3, -0.25) is 0 Å². The van der Waals surface area contributed by atoms with Gasteiger partial charge in [0.15, 0.2) is 0 Å². The van der Waals surface area contributed by atoms with Crippen molar-refractivity contribution in [2.75, 3.05) is 54.5 Å². The summed E-state index contributed by atoms with van der Waals surface area (Å²) in [6.45, 7) is 1.32. The molecule has 14 heavy (non-hydrogen) atoms. The van der Waals surface area contributed by atoms with Gasteiger partial charge in [-0.05, 0) is 41.3 Å². The van der Waals surface area contributed by atoms with Crippen LogP contribution in [0.1, 0.15) is 0 Å². The van der Waals surface area contributed by atoms with Crippen LogP contribution >= 0.6 is 0 Å². The summed E-state index contributed by atoms with van der Waals surface area (Å²) in [5, 5.41) is 19.4. The number of hydrogen-bond acceptors (Lipinski definition) is 4. The quantitative estimate of drug-likeness (QED) is 0.443. The van der Waals surface area contributed by atoms with Crippen LogP contribution in [0.2, 0.25) is 0 Å². The Morgan fingerprint density at radius 2 is 1.00 bits per heavy atom. The topological polar surface area (TPSA) is 52.6 Å². The van der Waals surface area contributed by atoms with Crippen LogP contribution in [0.25, 0.3) is 0 Å². The van der Waals surface area contributed by atoms with E-state index in [1.165, 1.54) is 0 Å². The van der Waals surface area contributed by atoms with Crippen LogP contribution in [0.3, 0.4) is 0 Å². The fourth-order valence-electron chi connectivity index (χ4n) is 0.365. The average Bonchev–Trinajstić information content (AvgIpc) is 1.87. The molecule has 0 saturated heterocycles. The molecule has 0 unspecified atom stereocenters. The van der Waals surface area contributed by atoms with Crippen LogP contribution in [0.5, 0.6) is 0 Å². The van der Waals surface area contributed by atoms with Gasteiger partial charge in [-0.1, -0.05) is 0 Å². The summed E-state index contributed by atoms with van der Waals surface area (Å²) in [4.78, 5) is 3.74. The Hall–Kier alpha value is 2.07. The fourth-order valence-corrected chi connectivity index (χ4v) is 0.365. The summed E-state index contributed by atoms with van der Waals surface area (Å²) in [5.74, 6) is 0. The van der Waals surface area contributed by atoms with Gasteiger partial charge in [-0.25, -0.2) is 0 Å². The molecule has 0 aromatic heterocycles.